The van der Waals surface area contributed by atoms with Crippen molar-refractivity contribution in [2.45, 2.75) is 103 Å². The molecular formula is C19H34F4N2O2. The zero-order chi connectivity index (χ0) is 20.9. The van der Waals surface area contributed by atoms with Crippen LogP contribution in [0.2, 0.25) is 0 Å². The van der Waals surface area contributed by atoms with E-state index in [2.05, 4.69) is 5.32 Å². The van der Waals surface area contributed by atoms with Crippen LogP contribution in [0.5, 0.6) is 0 Å². The quantitative estimate of drug-likeness (QED) is 0.569. The Balaban J connectivity index is 0.000000309. The fourth-order valence-corrected chi connectivity index (χ4v) is 2.95. The lowest BCUT2D eigenvalue weighted by atomic mass is 10.1. The van der Waals surface area contributed by atoms with Crippen molar-refractivity contribution < 1.29 is 27.1 Å². The average molecular weight is 398 g/mol. The van der Waals surface area contributed by atoms with Gasteiger partial charge in [-0.25, -0.2) is 22.4 Å². The molecule has 0 aliphatic carbocycles. The molecule has 2 aliphatic rings. The van der Waals surface area contributed by atoms with E-state index >= 15 is 0 Å². The molecule has 2 saturated heterocycles. The highest BCUT2D eigenvalue weighted by Gasteiger charge is 2.37. The van der Waals surface area contributed by atoms with Gasteiger partial charge in [-0.3, -0.25) is 0 Å². The van der Waals surface area contributed by atoms with Gasteiger partial charge in [-0.1, -0.05) is 0 Å². The fourth-order valence-electron chi connectivity index (χ4n) is 2.95. The van der Waals surface area contributed by atoms with Crippen LogP contribution in [0.15, 0.2) is 0 Å². The molecule has 2 rings (SSSR count). The number of rotatable bonds is 0. The van der Waals surface area contributed by atoms with Crippen LogP contribution in [0.1, 0.15) is 73.1 Å². The first-order chi connectivity index (χ1) is 12.2. The standard InChI is InChI=1S/C12H21F2NO2.C7H13F2N/c1-9-5-6-12(13,14)7-8-15(9)10(16)17-11(2,3)4;1-6-2-3-7(8,9)4-5-10-6/h9H,5-8H2,1-4H3;6,10H,2-5H2,1H3. The van der Waals surface area contributed by atoms with Crippen LogP contribution in [0, 0.1) is 0 Å². The van der Waals surface area contributed by atoms with Crippen LogP contribution >= 0.6 is 0 Å². The number of halogens is 4. The molecule has 0 aromatic carbocycles. The Hall–Kier alpha value is -1.05. The van der Waals surface area contributed by atoms with Crippen molar-refractivity contribution in [3.05, 3.63) is 0 Å². The van der Waals surface area contributed by atoms with Crippen molar-refractivity contribution >= 4 is 6.09 Å². The van der Waals surface area contributed by atoms with Crippen LogP contribution < -0.4 is 5.32 Å². The minimum atomic E-state index is -2.66. The Morgan fingerprint density at radius 2 is 1.56 bits per heavy atom. The van der Waals surface area contributed by atoms with Crippen LogP contribution in [-0.2, 0) is 4.74 Å². The third-order valence-corrected chi connectivity index (χ3v) is 4.73. The van der Waals surface area contributed by atoms with Gasteiger partial charge in [0.2, 0.25) is 11.8 Å². The van der Waals surface area contributed by atoms with Crippen LogP contribution in [0.3, 0.4) is 0 Å². The van der Waals surface area contributed by atoms with Gasteiger partial charge in [0.15, 0.2) is 0 Å². The summed E-state index contributed by atoms with van der Waals surface area (Å²) in [5.41, 5.74) is -0.592. The van der Waals surface area contributed by atoms with E-state index in [9.17, 15) is 22.4 Å². The van der Waals surface area contributed by atoms with Crippen molar-refractivity contribution in [2.75, 3.05) is 13.1 Å². The van der Waals surface area contributed by atoms with E-state index in [0.29, 0.717) is 19.4 Å². The summed E-state index contributed by atoms with van der Waals surface area (Å²) in [4.78, 5) is 13.3. The Morgan fingerprint density at radius 1 is 1.00 bits per heavy atom. The van der Waals surface area contributed by atoms with Crippen molar-refractivity contribution in [3.8, 4) is 0 Å². The maximum atomic E-state index is 13.2. The number of nitrogens with one attached hydrogen (secondary N) is 1. The molecule has 1 N–H and O–H groups in total. The molecule has 1 amide bonds. The molecule has 4 nitrogen and oxygen atoms in total. The van der Waals surface area contributed by atoms with Gasteiger partial charge < -0.3 is 15.0 Å². The minimum absolute atomic E-state index is 0.00264. The van der Waals surface area contributed by atoms with E-state index in [1.807, 2.05) is 6.92 Å². The molecule has 0 aromatic heterocycles. The Bertz CT molecular complexity index is 481. The van der Waals surface area contributed by atoms with Crippen LogP contribution in [0.4, 0.5) is 22.4 Å². The second-order valence-corrected chi connectivity index (χ2v) is 8.67. The Kier molecular flexibility index (Phi) is 8.38. The zero-order valence-electron chi connectivity index (χ0n) is 17.1. The van der Waals surface area contributed by atoms with Crippen LogP contribution in [0.25, 0.3) is 0 Å². The summed E-state index contributed by atoms with van der Waals surface area (Å²) in [6.45, 7) is 9.54. The molecule has 2 fully saturated rings. The highest BCUT2D eigenvalue weighted by Crippen LogP contribution is 2.31. The van der Waals surface area contributed by atoms with Crippen molar-refractivity contribution in [1.82, 2.24) is 10.2 Å². The van der Waals surface area contributed by atoms with Gasteiger partial charge in [0.1, 0.15) is 5.60 Å². The zero-order valence-corrected chi connectivity index (χ0v) is 17.1. The van der Waals surface area contributed by atoms with Gasteiger partial charge in [0.25, 0.3) is 0 Å². The van der Waals surface area contributed by atoms with E-state index in [-0.39, 0.29) is 44.3 Å². The monoisotopic (exact) mass is 398 g/mol. The molecule has 2 heterocycles. The summed E-state index contributed by atoms with van der Waals surface area (Å²) in [7, 11) is 0. The Morgan fingerprint density at radius 3 is 2.15 bits per heavy atom. The van der Waals surface area contributed by atoms with Crippen molar-refractivity contribution in [1.29, 1.82) is 0 Å². The number of nitrogens with zero attached hydrogens (tertiary/aromatic N) is 1. The van der Waals surface area contributed by atoms with Gasteiger partial charge in [0, 0.05) is 50.9 Å². The molecule has 160 valence electrons. The van der Waals surface area contributed by atoms with E-state index < -0.39 is 23.5 Å². The van der Waals surface area contributed by atoms with E-state index in [1.54, 1.807) is 27.7 Å². The van der Waals surface area contributed by atoms with E-state index in [0.717, 1.165) is 0 Å². The summed E-state index contributed by atoms with van der Waals surface area (Å²) in [6, 6.07) is 0.0617. The highest BCUT2D eigenvalue weighted by molar-refractivity contribution is 5.68. The predicted octanol–water partition coefficient (Wildman–Crippen LogP) is 5.21. The van der Waals surface area contributed by atoms with Gasteiger partial charge >= 0.3 is 6.09 Å². The lowest BCUT2D eigenvalue weighted by Crippen LogP contribution is -2.42. The summed E-state index contributed by atoms with van der Waals surface area (Å²) >= 11 is 0. The highest BCUT2D eigenvalue weighted by atomic mass is 19.3. The number of amides is 1. The summed E-state index contributed by atoms with van der Waals surface area (Å²) in [6.07, 6.45) is 0.00428. The summed E-state index contributed by atoms with van der Waals surface area (Å²) in [5, 5.41) is 3.02. The molecule has 0 aromatic rings. The first kappa shape index (κ1) is 24.0. The van der Waals surface area contributed by atoms with Gasteiger partial charge in [-0.05, 0) is 47.5 Å². The molecule has 2 atom stereocenters. The SMILES string of the molecule is CC1CCC(F)(F)CCN1.CC1CCC(F)(F)CCN1C(=O)OC(C)(C)C. The number of hydrogen-bond donors (Lipinski definition) is 1. The molecule has 27 heavy (non-hydrogen) atoms. The van der Waals surface area contributed by atoms with Gasteiger partial charge in [0.05, 0.1) is 0 Å². The van der Waals surface area contributed by atoms with Gasteiger partial charge in [-0.2, -0.15) is 0 Å². The summed E-state index contributed by atoms with van der Waals surface area (Å²) < 4.78 is 56.9. The van der Waals surface area contributed by atoms with E-state index in [4.69, 9.17) is 4.74 Å². The average Bonchev–Trinajstić information content (AvgIpc) is 2.73. The minimum Gasteiger partial charge on any atom is -0.444 e. The molecule has 2 aliphatic heterocycles. The number of carbonyl (C=O) groups excluding carboxylic acids is 1. The Labute approximate surface area is 160 Å². The third kappa shape index (κ3) is 9.63. The normalized spacial score (nSPS) is 28.3. The molecule has 2 unspecified atom stereocenters. The number of carbonyl (C=O) groups is 1. The maximum absolute atomic E-state index is 13.2. The smallest absolute Gasteiger partial charge is 0.410 e. The van der Waals surface area contributed by atoms with Crippen LogP contribution in [-0.4, -0.2) is 53.6 Å². The first-order valence-electron chi connectivity index (χ1n) is 9.69. The molecular weight excluding hydrogens is 364 g/mol. The fraction of sp³-hybridized carbons (Fsp3) is 0.947. The molecule has 0 saturated carbocycles. The number of hydrogen-bond acceptors (Lipinski definition) is 3. The number of likely N-dealkylation sites (tertiary alicyclic amines) is 1. The largest absolute Gasteiger partial charge is 0.444 e. The molecule has 0 spiro atoms. The third-order valence-electron chi connectivity index (χ3n) is 4.73. The number of ether oxygens (including phenoxy) is 1. The van der Waals surface area contributed by atoms with Gasteiger partial charge in [-0.15, -0.1) is 0 Å². The lowest BCUT2D eigenvalue weighted by Gasteiger charge is -2.30. The second kappa shape index (κ2) is 9.43. The van der Waals surface area contributed by atoms with E-state index in [1.165, 1.54) is 4.90 Å². The summed E-state index contributed by atoms with van der Waals surface area (Å²) in [5.74, 6) is -5.08. The topological polar surface area (TPSA) is 41.6 Å². The molecule has 8 heteroatoms. The number of alkyl halides is 4. The lowest BCUT2D eigenvalue weighted by molar-refractivity contribution is -0.0148. The van der Waals surface area contributed by atoms with Crippen molar-refractivity contribution in [3.63, 3.8) is 0 Å². The van der Waals surface area contributed by atoms with Crippen molar-refractivity contribution in [2.24, 2.45) is 0 Å². The molecule has 0 bridgehead atoms. The maximum Gasteiger partial charge on any atom is 0.410 e. The second-order valence-electron chi connectivity index (χ2n) is 8.67. The first-order valence-corrected chi connectivity index (χ1v) is 9.69. The predicted molar refractivity (Wildman–Crippen MR) is 97.5 cm³/mol. The molecule has 0 radical (unpaired) electrons.